The first-order chi connectivity index (χ1) is 11.0. The normalized spacial score (nSPS) is 11.0. The van der Waals surface area contributed by atoms with Gasteiger partial charge < -0.3 is 19.9 Å². The van der Waals surface area contributed by atoms with E-state index in [1.54, 1.807) is 38.5 Å². The van der Waals surface area contributed by atoms with E-state index >= 15 is 0 Å². The highest BCUT2D eigenvalue weighted by molar-refractivity contribution is 6.04. The minimum Gasteiger partial charge on any atom is -0.508 e. The number of allylic oxidation sites excluding steroid dienone is 1. The quantitative estimate of drug-likeness (QED) is 0.830. The van der Waals surface area contributed by atoms with Crippen molar-refractivity contribution in [1.29, 1.82) is 0 Å². The number of anilines is 1. The third kappa shape index (κ3) is 4.26. The van der Waals surface area contributed by atoms with Crippen LogP contribution >= 0.6 is 0 Å². The summed E-state index contributed by atoms with van der Waals surface area (Å²) >= 11 is 0. The molecule has 0 unspecified atom stereocenters. The molecular formula is C18H19NO4. The van der Waals surface area contributed by atoms with Crippen LogP contribution in [0.5, 0.6) is 17.2 Å². The van der Waals surface area contributed by atoms with E-state index in [0.29, 0.717) is 17.2 Å². The molecule has 0 aliphatic heterocycles. The number of amides is 1. The molecule has 0 saturated heterocycles. The SMILES string of the molecule is COc1ccc(/C(C)=C/C(=O)Nc2cccc(O)c2)c(OC)c1. The fourth-order valence-corrected chi connectivity index (χ4v) is 2.16. The van der Waals surface area contributed by atoms with Crippen LogP contribution in [0, 0.1) is 0 Å². The van der Waals surface area contributed by atoms with Gasteiger partial charge in [0.25, 0.3) is 0 Å². The molecule has 2 aromatic carbocycles. The van der Waals surface area contributed by atoms with Crippen molar-refractivity contribution in [3.8, 4) is 17.2 Å². The van der Waals surface area contributed by atoms with E-state index in [0.717, 1.165) is 11.1 Å². The first-order valence-corrected chi connectivity index (χ1v) is 7.04. The predicted molar refractivity (Wildman–Crippen MR) is 89.9 cm³/mol. The number of hydrogen-bond donors (Lipinski definition) is 2. The number of rotatable bonds is 5. The van der Waals surface area contributed by atoms with Gasteiger partial charge in [-0.2, -0.15) is 0 Å². The number of benzene rings is 2. The second-order valence-corrected chi connectivity index (χ2v) is 4.93. The standard InChI is InChI=1S/C18H19NO4/c1-12(16-8-7-15(22-2)11-17(16)23-3)9-18(21)19-13-5-4-6-14(20)10-13/h4-11,20H,1-3H3,(H,19,21)/b12-9+. The summed E-state index contributed by atoms with van der Waals surface area (Å²) in [5, 5.41) is 12.1. The van der Waals surface area contributed by atoms with Gasteiger partial charge in [0.2, 0.25) is 5.91 Å². The highest BCUT2D eigenvalue weighted by atomic mass is 16.5. The van der Waals surface area contributed by atoms with Crippen LogP contribution in [0.25, 0.3) is 5.57 Å². The van der Waals surface area contributed by atoms with E-state index < -0.39 is 0 Å². The molecule has 0 heterocycles. The van der Waals surface area contributed by atoms with E-state index in [2.05, 4.69) is 5.32 Å². The van der Waals surface area contributed by atoms with Gasteiger partial charge in [0.15, 0.2) is 0 Å². The minimum atomic E-state index is -0.286. The van der Waals surface area contributed by atoms with Crippen LogP contribution in [0.1, 0.15) is 12.5 Å². The number of aromatic hydroxyl groups is 1. The summed E-state index contributed by atoms with van der Waals surface area (Å²) in [7, 11) is 3.15. The van der Waals surface area contributed by atoms with Gasteiger partial charge in [-0.3, -0.25) is 4.79 Å². The zero-order valence-electron chi connectivity index (χ0n) is 13.3. The van der Waals surface area contributed by atoms with Crippen LogP contribution in [0.3, 0.4) is 0 Å². The summed E-state index contributed by atoms with van der Waals surface area (Å²) in [6, 6.07) is 11.8. The van der Waals surface area contributed by atoms with Crippen molar-refractivity contribution in [2.24, 2.45) is 0 Å². The largest absolute Gasteiger partial charge is 0.508 e. The maximum atomic E-state index is 12.1. The molecule has 0 atom stereocenters. The highest BCUT2D eigenvalue weighted by Gasteiger charge is 2.08. The maximum Gasteiger partial charge on any atom is 0.248 e. The van der Waals surface area contributed by atoms with Crippen LogP contribution in [-0.2, 0) is 4.79 Å². The van der Waals surface area contributed by atoms with E-state index in [4.69, 9.17) is 9.47 Å². The molecule has 0 saturated carbocycles. The van der Waals surface area contributed by atoms with Gasteiger partial charge in [-0.1, -0.05) is 6.07 Å². The van der Waals surface area contributed by atoms with Crippen molar-refractivity contribution in [1.82, 2.24) is 0 Å². The van der Waals surface area contributed by atoms with Gasteiger partial charge in [-0.15, -0.1) is 0 Å². The molecule has 2 aromatic rings. The van der Waals surface area contributed by atoms with Crippen LogP contribution < -0.4 is 14.8 Å². The maximum absolute atomic E-state index is 12.1. The Hall–Kier alpha value is -2.95. The van der Waals surface area contributed by atoms with E-state index in [9.17, 15) is 9.90 Å². The Morgan fingerprint density at radius 3 is 2.57 bits per heavy atom. The molecule has 120 valence electrons. The molecule has 0 spiro atoms. The summed E-state index contributed by atoms with van der Waals surface area (Å²) in [4.78, 5) is 12.1. The first-order valence-electron chi connectivity index (χ1n) is 7.04. The molecule has 0 aliphatic rings. The number of methoxy groups -OCH3 is 2. The predicted octanol–water partition coefficient (Wildman–Crippen LogP) is 3.45. The Kier molecular flexibility index (Phi) is 5.25. The molecule has 2 rings (SSSR count). The third-order valence-electron chi connectivity index (χ3n) is 3.29. The molecule has 5 nitrogen and oxygen atoms in total. The smallest absolute Gasteiger partial charge is 0.248 e. The molecule has 0 bridgehead atoms. The molecule has 0 radical (unpaired) electrons. The zero-order valence-corrected chi connectivity index (χ0v) is 13.3. The Labute approximate surface area is 135 Å². The van der Waals surface area contributed by atoms with E-state index in [1.165, 1.54) is 12.1 Å². The van der Waals surface area contributed by atoms with Crippen molar-refractivity contribution < 1.29 is 19.4 Å². The summed E-state index contributed by atoms with van der Waals surface area (Å²) in [6.45, 7) is 1.83. The van der Waals surface area contributed by atoms with Gasteiger partial charge >= 0.3 is 0 Å². The highest BCUT2D eigenvalue weighted by Crippen LogP contribution is 2.30. The second kappa shape index (κ2) is 7.35. The van der Waals surface area contributed by atoms with Crippen molar-refractivity contribution in [2.75, 3.05) is 19.5 Å². The second-order valence-electron chi connectivity index (χ2n) is 4.93. The lowest BCUT2D eigenvalue weighted by Crippen LogP contribution is -2.08. The molecule has 0 aromatic heterocycles. The fraction of sp³-hybridized carbons (Fsp3) is 0.167. The van der Waals surface area contributed by atoms with Gasteiger partial charge in [0.1, 0.15) is 17.2 Å². The summed E-state index contributed by atoms with van der Waals surface area (Å²) in [6.07, 6.45) is 1.48. The number of ether oxygens (including phenoxy) is 2. The third-order valence-corrected chi connectivity index (χ3v) is 3.29. The Bertz CT molecular complexity index is 738. The average molecular weight is 313 g/mol. The lowest BCUT2D eigenvalue weighted by molar-refractivity contribution is -0.111. The zero-order chi connectivity index (χ0) is 16.8. The Morgan fingerprint density at radius 2 is 1.91 bits per heavy atom. The molecule has 2 N–H and O–H groups in total. The number of hydrogen-bond acceptors (Lipinski definition) is 4. The van der Waals surface area contributed by atoms with Gasteiger partial charge in [0.05, 0.1) is 14.2 Å². The molecule has 0 fully saturated rings. The lowest BCUT2D eigenvalue weighted by atomic mass is 10.1. The van der Waals surface area contributed by atoms with E-state index in [1.807, 2.05) is 19.1 Å². The van der Waals surface area contributed by atoms with E-state index in [-0.39, 0.29) is 11.7 Å². The van der Waals surface area contributed by atoms with Crippen LogP contribution in [-0.4, -0.2) is 25.2 Å². The summed E-state index contributed by atoms with van der Waals surface area (Å²) in [5.41, 5.74) is 2.09. The number of carbonyl (C=O) groups excluding carboxylic acids is 1. The summed E-state index contributed by atoms with van der Waals surface area (Å²) in [5.74, 6) is 1.12. The average Bonchev–Trinajstić information content (AvgIpc) is 2.53. The topological polar surface area (TPSA) is 67.8 Å². The number of phenols is 1. The van der Waals surface area contributed by atoms with Gasteiger partial charge in [0, 0.05) is 29.5 Å². The van der Waals surface area contributed by atoms with Gasteiger partial charge in [-0.05, 0) is 36.8 Å². The monoisotopic (exact) mass is 313 g/mol. The molecular weight excluding hydrogens is 294 g/mol. The number of carbonyl (C=O) groups is 1. The number of phenolic OH excluding ortho intramolecular Hbond substituents is 1. The van der Waals surface area contributed by atoms with Crippen molar-refractivity contribution in [2.45, 2.75) is 6.92 Å². The van der Waals surface area contributed by atoms with Crippen LogP contribution in [0.4, 0.5) is 5.69 Å². The lowest BCUT2D eigenvalue weighted by Gasteiger charge is -2.11. The minimum absolute atomic E-state index is 0.0975. The molecule has 1 amide bonds. The molecule has 5 heteroatoms. The van der Waals surface area contributed by atoms with Crippen LogP contribution in [0.15, 0.2) is 48.5 Å². The van der Waals surface area contributed by atoms with Crippen molar-refractivity contribution in [3.05, 3.63) is 54.1 Å². The first kappa shape index (κ1) is 16.4. The summed E-state index contributed by atoms with van der Waals surface area (Å²) < 4.78 is 10.5. The molecule has 0 aliphatic carbocycles. The number of nitrogens with one attached hydrogen (secondary N) is 1. The van der Waals surface area contributed by atoms with Crippen molar-refractivity contribution >= 4 is 17.2 Å². The van der Waals surface area contributed by atoms with Crippen molar-refractivity contribution in [3.63, 3.8) is 0 Å². The molecule has 23 heavy (non-hydrogen) atoms. The van der Waals surface area contributed by atoms with Crippen LogP contribution in [0.2, 0.25) is 0 Å². The van der Waals surface area contributed by atoms with Gasteiger partial charge in [-0.25, -0.2) is 0 Å². The fourth-order valence-electron chi connectivity index (χ4n) is 2.16. The Morgan fingerprint density at radius 1 is 1.13 bits per heavy atom. The Balaban J connectivity index is 2.20.